The Labute approximate surface area is 169 Å². The Morgan fingerprint density at radius 2 is 1.83 bits per heavy atom. The molecule has 7 nitrogen and oxygen atoms in total. The van der Waals surface area contributed by atoms with Gasteiger partial charge in [0.2, 0.25) is 11.8 Å². The molecule has 0 saturated carbocycles. The highest BCUT2D eigenvalue weighted by molar-refractivity contribution is 5.78. The molecule has 4 rings (SSSR count). The summed E-state index contributed by atoms with van der Waals surface area (Å²) in [5, 5.41) is 11.4. The van der Waals surface area contributed by atoms with Gasteiger partial charge in [-0.1, -0.05) is 35.4 Å². The summed E-state index contributed by atoms with van der Waals surface area (Å²) in [7, 11) is 1.63. The zero-order chi connectivity index (χ0) is 20.1. The van der Waals surface area contributed by atoms with Crippen LogP contribution in [0.5, 0.6) is 5.75 Å². The normalized spacial score (nSPS) is 14.6. The van der Waals surface area contributed by atoms with Crippen LogP contribution in [0.2, 0.25) is 0 Å². The van der Waals surface area contributed by atoms with E-state index in [-0.39, 0.29) is 11.8 Å². The quantitative estimate of drug-likeness (QED) is 0.693. The van der Waals surface area contributed by atoms with Crippen molar-refractivity contribution in [3.8, 4) is 17.2 Å². The Morgan fingerprint density at radius 3 is 2.52 bits per heavy atom. The third kappa shape index (κ3) is 4.56. The Balaban J connectivity index is 1.30. The topological polar surface area (TPSA) is 80.5 Å². The molecule has 1 N–H and O–H groups in total. The lowest BCUT2D eigenvalue weighted by molar-refractivity contribution is -0.125. The van der Waals surface area contributed by atoms with E-state index in [9.17, 15) is 4.79 Å². The van der Waals surface area contributed by atoms with Crippen molar-refractivity contribution in [3.05, 3.63) is 60.2 Å². The van der Waals surface area contributed by atoms with Crippen LogP contribution in [0.4, 0.5) is 6.01 Å². The van der Waals surface area contributed by atoms with Gasteiger partial charge >= 0.3 is 6.01 Å². The second-order valence-electron chi connectivity index (χ2n) is 7.08. The average Bonchev–Trinajstić information content (AvgIpc) is 3.29. The molecule has 1 amide bonds. The molecule has 29 heavy (non-hydrogen) atoms. The highest BCUT2D eigenvalue weighted by Crippen LogP contribution is 2.27. The number of piperidine rings is 1. The van der Waals surface area contributed by atoms with Crippen molar-refractivity contribution in [2.24, 2.45) is 5.92 Å². The average molecular weight is 392 g/mol. The van der Waals surface area contributed by atoms with Gasteiger partial charge in [0.25, 0.3) is 0 Å². The van der Waals surface area contributed by atoms with Crippen molar-refractivity contribution in [1.82, 2.24) is 15.5 Å². The number of hydrogen-bond acceptors (Lipinski definition) is 6. The molecule has 7 heteroatoms. The van der Waals surface area contributed by atoms with Crippen LogP contribution in [0.15, 0.2) is 59.0 Å². The molecule has 1 saturated heterocycles. The molecule has 0 atom stereocenters. The van der Waals surface area contributed by atoms with Gasteiger partial charge < -0.3 is 19.4 Å². The zero-order valence-electron chi connectivity index (χ0n) is 16.4. The fraction of sp³-hybridized carbons (Fsp3) is 0.318. The summed E-state index contributed by atoms with van der Waals surface area (Å²) in [4.78, 5) is 14.5. The zero-order valence-corrected chi connectivity index (χ0v) is 16.4. The lowest BCUT2D eigenvalue weighted by Gasteiger charge is -2.29. The van der Waals surface area contributed by atoms with Crippen LogP contribution in [0.3, 0.4) is 0 Å². The van der Waals surface area contributed by atoms with Gasteiger partial charge in [-0.05, 0) is 42.7 Å². The van der Waals surface area contributed by atoms with Crippen LogP contribution in [0.1, 0.15) is 18.4 Å². The van der Waals surface area contributed by atoms with E-state index in [2.05, 4.69) is 15.5 Å². The minimum Gasteiger partial charge on any atom is -0.497 e. The van der Waals surface area contributed by atoms with Gasteiger partial charge in [0.15, 0.2) is 0 Å². The predicted octanol–water partition coefficient (Wildman–Crippen LogP) is 3.28. The first-order valence-corrected chi connectivity index (χ1v) is 9.77. The molecule has 0 aliphatic carbocycles. The molecule has 0 unspecified atom stereocenters. The van der Waals surface area contributed by atoms with E-state index in [1.807, 2.05) is 59.5 Å². The first kappa shape index (κ1) is 19.0. The number of amides is 1. The number of benzene rings is 2. The van der Waals surface area contributed by atoms with Gasteiger partial charge in [0.1, 0.15) is 5.75 Å². The number of rotatable bonds is 6. The number of anilines is 1. The van der Waals surface area contributed by atoms with Crippen molar-refractivity contribution in [1.29, 1.82) is 0 Å². The maximum Gasteiger partial charge on any atom is 0.318 e. The van der Waals surface area contributed by atoms with Gasteiger partial charge in [-0.3, -0.25) is 4.79 Å². The third-order valence-electron chi connectivity index (χ3n) is 5.20. The van der Waals surface area contributed by atoms with Crippen molar-refractivity contribution in [2.75, 3.05) is 25.1 Å². The van der Waals surface area contributed by atoms with E-state index in [0.29, 0.717) is 31.5 Å². The second kappa shape index (κ2) is 8.77. The molecule has 1 aliphatic rings. The number of ether oxygens (including phenoxy) is 1. The van der Waals surface area contributed by atoms with Crippen LogP contribution in [-0.4, -0.2) is 36.3 Å². The maximum atomic E-state index is 12.5. The molecule has 3 aromatic rings. The number of carbonyl (C=O) groups is 1. The molecule has 0 bridgehead atoms. The van der Waals surface area contributed by atoms with Crippen molar-refractivity contribution < 1.29 is 13.9 Å². The predicted molar refractivity (Wildman–Crippen MR) is 110 cm³/mol. The maximum absolute atomic E-state index is 12.5. The van der Waals surface area contributed by atoms with Crippen LogP contribution >= 0.6 is 0 Å². The highest BCUT2D eigenvalue weighted by atomic mass is 16.5. The minimum atomic E-state index is 0.0129. The molecule has 1 aromatic heterocycles. The molecule has 0 spiro atoms. The van der Waals surface area contributed by atoms with Crippen LogP contribution < -0.4 is 15.0 Å². The van der Waals surface area contributed by atoms with Gasteiger partial charge in [-0.15, -0.1) is 5.10 Å². The van der Waals surface area contributed by atoms with Crippen molar-refractivity contribution in [2.45, 2.75) is 19.4 Å². The number of carbonyl (C=O) groups excluding carboxylic acids is 1. The lowest BCUT2D eigenvalue weighted by atomic mass is 9.96. The molecular formula is C22H24N4O3. The molecule has 150 valence electrons. The SMILES string of the molecule is COc1ccc(-c2nnc(N3CCC(C(=O)NCc4ccccc4)CC3)o2)cc1. The van der Waals surface area contributed by atoms with E-state index < -0.39 is 0 Å². The fourth-order valence-corrected chi connectivity index (χ4v) is 3.46. The summed E-state index contributed by atoms with van der Waals surface area (Å²) in [5.74, 6) is 1.38. The Morgan fingerprint density at radius 1 is 1.10 bits per heavy atom. The summed E-state index contributed by atoms with van der Waals surface area (Å²) in [6.45, 7) is 2.00. The van der Waals surface area contributed by atoms with Gasteiger partial charge in [0, 0.05) is 31.1 Å². The number of aromatic nitrogens is 2. The van der Waals surface area contributed by atoms with Gasteiger partial charge in [0.05, 0.1) is 7.11 Å². The molecule has 0 radical (unpaired) electrons. The Kier molecular flexibility index (Phi) is 5.74. The van der Waals surface area contributed by atoms with Crippen LogP contribution in [-0.2, 0) is 11.3 Å². The highest BCUT2D eigenvalue weighted by Gasteiger charge is 2.27. The first-order chi connectivity index (χ1) is 14.2. The molecule has 1 fully saturated rings. The molecule has 2 heterocycles. The second-order valence-corrected chi connectivity index (χ2v) is 7.08. The van der Waals surface area contributed by atoms with E-state index in [1.165, 1.54) is 0 Å². The monoisotopic (exact) mass is 392 g/mol. The van der Waals surface area contributed by atoms with Crippen LogP contribution in [0, 0.1) is 5.92 Å². The Bertz CT molecular complexity index is 932. The third-order valence-corrected chi connectivity index (χ3v) is 5.20. The summed E-state index contributed by atoms with van der Waals surface area (Å²) in [5.41, 5.74) is 1.95. The molecule has 2 aromatic carbocycles. The van der Waals surface area contributed by atoms with Crippen molar-refractivity contribution in [3.63, 3.8) is 0 Å². The Hall–Kier alpha value is -3.35. The van der Waals surface area contributed by atoms with Crippen LogP contribution in [0.25, 0.3) is 11.5 Å². The summed E-state index contributed by atoms with van der Waals surface area (Å²) in [6, 6.07) is 17.9. The number of hydrogen-bond donors (Lipinski definition) is 1. The standard InChI is InChI=1S/C22H24N4O3/c1-28-19-9-7-18(8-10-19)21-24-25-22(29-21)26-13-11-17(12-14-26)20(27)23-15-16-5-3-2-4-6-16/h2-10,17H,11-15H2,1H3,(H,23,27). The van der Waals surface area contributed by atoms with E-state index in [1.54, 1.807) is 7.11 Å². The first-order valence-electron chi connectivity index (χ1n) is 9.77. The van der Waals surface area contributed by atoms with E-state index in [4.69, 9.17) is 9.15 Å². The summed E-state index contributed by atoms with van der Waals surface area (Å²) < 4.78 is 11.0. The fourth-order valence-electron chi connectivity index (χ4n) is 3.46. The summed E-state index contributed by atoms with van der Waals surface area (Å²) in [6.07, 6.45) is 1.53. The number of nitrogens with one attached hydrogen (secondary N) is 1. The lowest BCUT2D eigenvalue weighted by Crippen LogP contribution is -2.40. The molecular weight excluding hydrogens is 368 g/mol. The number of methoxy groups -OCH3 is 1. The van der Waals surface area contributed by atoms with Gasteiger partial charge in [-0.2, -0.15) is 0 Å². The largest absolute Gasteiger partial charge is 0.497 e. The van der Waals surface area contributed by atoms with Crippen molar-refractivity contribution >= 4 is 11.9 Å². The minimum absolute atomic E-state index is 0.0129. The summed E-state index contributed by atoms with van der Waals surface area (Å²) >= 11 is 0. The smallest absolute Gasteiger partial charge is 0.318 e. The van der Waals surface area contributed by atoms with E-state index in [0.717, 1.165) is 29.7 Å². The molecule has 1 aliphatic heterocycles. The van der Waals surface area contributed by atoms with Gasteiger partial charge in [-0.25, -0.2) is 0 Å². The van der Waals surface area contributed by atoms with E-state index >= 15 is 0 Å². The number of nitrogens with zero attached hydrogens (tertiary/aromatic N) is 3.